The van der Waals surface area contributed by atoms with Crippen LogP contribution in [0.5, 0.6) is 0 Å². The van der Waals surface area contributed by atoms with Gasteiger partial charge in [0.1, 0.15) is 6.54 Å². The van der Waals surface area contributed by atoms with Crippen molar-refractivity contribution in [3.05, 3.63) is 39.5 Å². The van der Waals surface area contributed by atoms with Gasteiger partial charge in [0.2, 0.25) is 5.95 Å². The SMILES string of the molecule is CN(c1ncc(Br)cn1)C1CN(c2cnn(CC(F)(F)F)c(=O)c2)C1. The van der Waals surface area contributed by atoms with E-state index >= 15 is 0 Å². The number of aromatic nitrogens is 4. The molecule has 3 heterocycles. The average Bonchev–Trinajstić information content (AvgIpc) is 2.48. The van der Waals surface area contributed by atoms with Gasteiger partial charge in [-0.25, -0.2) is 14.6 Å². The van der Waals surface area contributed by atoms with Gasteiger partial charge < -0.3 is 9.80 Å². The summed E-state index contributed by atoms with van der Waals surface area (Å²) < 4.78 is 38.2. The van der Waals surface area contributed by atoms with Crippen molar-refractivity contribution in [2.45, 2.75) is 18.8 Å². The van der Waals surface area contributed by atoms with E-state index in [4.69, 9.17) is 0 Å². The lowest BCUT2D eigenvalue weighted by Gasteiger charge is -2.45. The van der Waals surface area contributed by atoms with Crippen molar-refractivity contribution < 1.29 is 13.2 Å². The average molecular weight is 419 g/mol. The summed E-state index contributed by atoms with van der Waals surface area (Å²) in [6.07, 6.45) is 0.103. The maximum Gasteiger partial charge on any atom is 0.408 e. The summed E-state index contributed by atoms with van der Waals surface area (Å²) >= 11 is 3.27. The monoisotopic (exact) mass is 418 g/mol. The molecule has 7 nitrogen and oxygen atoms in total. The molecule has 2 aromatic rings. The van der Waals surface area contributed by atoms with Gasteiger partial charge in [-0.15, -0.1) is 0 Å². The highest BCUT2D eigenvalue weighted by Crippen LogP contribution is 2.24. The highest BCUT2D eigenvalue weighted by Gasteiger charge is 2.33. The lowest BCUT2D eigenvalue weighted by atomic mass is 10.1. The van der Waals surface area contributed by atoms with Gasteiger partial charge in [0.15, 0.2) is 0 Å². The van der Waals surface area contributed by atoms with Crippen LogP contribution >= 0.6 is 15.9 Å². The minimum atomic E-state index is -4.48. The Morgan fingerprint density at radius 3 is 2.48 bits per heavy atom. The molecule has 0 spiro atoms. The second-order valence-corrected chi connectivity index (χ2v) is 6.61. The Balaban J connectivity index is 1.63. The first-order valence-electron chi connectivity index (χ1n) is 7.32. The number of hydrogen-bond acceptors (Lipinski definition) is 6. The van der Waals surface area contributed by atoms with Crippen molar-refractivity contribution in [1.82, 2.24) is 19.7 Å². The fourth-order valence-corrected chi connectivity index (χ4v) is 2.65. The molecule has 0 amide bonds. The lowest BCUT2D eigenvalue weighted by Crippen LogP contribution is -2.59. The molecule has 2 aromatic heterocycles. The van der Waals surface area contributed by atoms with Crippen LogP contribution in [0, 0.1) is 0 Å². The zero-order chi connectivity index (χ0) is 18.2. The van der Waals surface area contributed by atoms with Crippen LogP contribution in [-0.2, 0) is 6.54 Å². The summed E-state index contributed by atoms with van der Waals surface area (Å²) in [5.74, 6) is 0.576. The van der Waals surface area contributed by atoms with Crippen LogP contribution in [-0.4, -0.2) is 52.1 Å². The molecular formula is C14H14BrF3N6O. The third-order valence-corrected chi connectivity index (χ3v) is 4.29. The molecule has 0 atom stereocenters. The van der Waals surface area contributed by atoms with Gasteiger partial charge in [0, 0.05) is 38.6 Å². The van der Waals surface area contributed by atoms with Gasteiger partial charge in [-0.3, -0.25) is 4.79 Å². The van der Waals surface area contributed by atoms with E-state index in [-0.39, 0.29) is 6.04 Å². The van der Waals surface area contributed by atoms with Crippen LogP contribution in [0.4, 0.5) is 24.8 Å². The van der Waals surface area contributed by atoms with Crippen LogP contribution in [0.3, 0.4) is 0 Å². The molecule has 1 aliphatic rings. The summed E-state index contributed by atoms with van der Waals surface area (Å²) in [6, 6.07) is 1.31. The Kier molecular flexibility index (Phi) is 4.67. The standard InChI is InChI=1S/C14H14BrF3N6O/c1-22(13-19-3-9(15)4-20-13)11-6-23(7-11)10-2-12(25)24(21-5-10)8-14(16,17)18/h2-5,11H,6-8H2,1H3. The van der Waals surface area contributed by atoms with E-state index in [1.165, 1.54) is 12.3 Å². The summed E-state index contributed by atoms with van der Waals surface area (Å²) in [4.78, 5) is 24.0. The maximum absolute atomic E-state index is 12.4. The maximum atomic E-state index is 12.4. The van der Waals surface area contributed by atoms with Crippen molar-refractivity contribution in [1.29, 1.82) is 0 Å². The molecule has 25 heavy (non-hydrogen) atoms. The summed E-state index contributed by atoms with van der Waals surface area (Å²) in [6.45, 7) is -0.195. The van der Waals surface area contributed by atoms with Gasteiger partial charge in [0.05, 0.1) is 22.4 Å². The Morgan fingerprint density at radius 1 is 1.28 bits per heavy atom. The largest absolute Gasteiger partial charge is 0.408 e. The van der Waals surface area contributed by atoms with Gasteiger partial charge in [-0.2, -0.15) is 18.3 Å². The first-order chi connectivity index (χ1) is 11.7. The van der Waals surface area contributed by atoms with Crippen molar-refractivity contribution in [2.75, 3.05) is 29.9 Å². The van der Waals surface area contributed by atoms with E-state index in [9.17, 15) is 18.0 Å². The minimum Gasteiger partial charge on any atom is -0.366 e. The van der Waals surface area contributed by atoms with Crippen LogP contribution < -0.4 is 15.4 Å². The molecule has 11 heteroatoms. The number of likely N-dealkylation sites (N-methyl/N-ethyl adjacent to an activating group) is 1. The highest BCUT2D eigenvalue weighted by molar-refractivity contribution is 9.10. The van der Waals surface area contributed by atoms with E-state index in [1.54, 1.807) is 12.4 Å². The second kappa shape index (κ2) is 6.62. The molecule has 0 unspecified atom stereocenters. The van der Waals surface area contributed by atoms with Crippen molar-refractivity contribution >= 4 is 27.6 Å². The third kappa shape index (κ3) is 4.09. The molecule has 1 aliphatic heterocycles. The first-order valence-corrected chi connectivity index (χ1v) is 8.11. The number of hydrogen-bond donors (Lipinski definition) is 0. The molecule has 0 N–H and O–H groups in total. The normalized spacial score (nSPS) is 15.2. The zero-order valence-electron chi connectivity index (χ0n) is 13.1. The molecule has 0 bridgehead atoms. The minimum absolute atomic E-state index is 0.138. The van der Waals surface area contributed by atoms with Gasteiger partial charge in [-0.1, -0.05) is 0 Å². The molecule has 0 aliphatic carbocycles. The number of halogens is 4. The zero-order valence-corrected chi connectivity index (χ0v) is 14.7. The number of alkyl halides is 3. The van der Waals surface area contributed by atoms with E-state index in [2.05, 4.69) is 31.0 Å². The Bertz CT molecular complexity index is 803. The second-order valence-electron chi connectivity index (χ2n) is 5.70. The van der Waals surface area contributed by atoms with Gasteiger partial charge in [0.25, 0.3) is 5.56 Å². The van der Waals surface area contributed by atoms with Crippen LogP contribution in [0.25, 0.3) is 0 Å². The first kappa shape index (κ1) is 17.6. The molecule has 0 saturated carbocycles. The predicted molar refractivity (Wildman–Crippen MR) is 88.7 cm³/mol. The number of rotatable bonds is 4. The molecule has 0 radical (unpaired) electrons. The molecule has 3 rings (SSSR count). The van der Waals surface area contributed by atoms with E-state index < -0.39 is 18.3 Å². The van der Waals surface area contributed by atoms with Gasteiger partial charge in [-0.05, 0) is 15.9 Å². The number of nitrogens with zero attached hydrogens (tertiary/aromatic N) is 6. The van der Waals surface area contributed by atoms with Gasteiger partial charge >= 0.3 is 6.18 Å². The molecular weight excluding hydrogens is 405 g/mol. The summed E-state index contributed by atoms with van der Waals surface area (Å²) in [7, 11) is 1.87. The lowest BCUT2D eigenvalue weighted by molar-refractivity contribution is -0.143. The topological polar surface area (TPSA) is 67.2 Å². The third-order valence-electron chi connectivity index (χ3n) is 3.88. The molecule has 1 fully saturated rings. The van der Waals surface area contributed by atoms with Crippen LogP contribution in [0.15, 0.2) is 33.9 Å². The fourth-order valence-electron chi connectivity index (χ4n) is 2.45. The Hall–Kier alpha value is -2.17. The summed E-state index contributed by atoms with van der Waals surface area (Å²) in [5, 5.41) is 3.60. The Labute approximate surface area is 149 Å². The van der Waals surface area contributed by atoms with Crippen molar-refractivity contribution in [3.63, 3.8) is 0 Å². The fraction of sp³-hybridized carbons (Fsp3) is 0.429. The Morgan fingerprint density at radius 2 is 1.92 bits per heavy atom. The predicted octanol–water partition coefficient (Wildman–Crippen LogP) is 1.68. The molecule has 1 saturated heterocycles. The van der Waals surface area contributed by atoms with E-state index in [1.807, 2.05) is 16.8 Å². The molecule has 134 valence electrons. The quantitative estimate of drug-likeness (QED) is 0.752. The smallest absolute Gasteiger partial charge is 0.366 e. The van der Waals surface area contributed by atoms with Crippen LogP contribution in [0.1, 0.15) is 0 Å². The van der Waals surface area contributed by atoms with Crippen molar-refractivity contribution in [2.24, 2.45) is 0 Å². The molecule has 0 aromatic carbocycles. The number of anilines is 2. The highest BCUT2D eigenvalue weighted by atomic mass is 79.9. The summed E-state index contributed by atoms with van der Waals surface area (Å²) in [5.41, 5.74) is -0.271. The van der Waals surface area contributed by atoms with Crippen molar-refractivity contribution in [3.8, 4) is 0 Å². The van der Waals surface area contributed by atoms with E-state index in [0.29, 0.717) is 29.4 Å². The van der Waals surface area contributed by atoms with Crippen LogP contribution in [0.2, 0.25) is 0 Å². The van der Waals surface area contributed by atoms with E-state index in [0.717, 1.165) is 4.47 Å².